The molecule has 1 aromatic heterocycles. The second kappa shape index (κ2) is 7.58. The van der Waals surface area contributed by atoms with E-state index >= 15 is 0 Å². The lowest BCUT2D eigenvalue weighted by Crippen LogP contribution is -2.15. The molecule has 0 unspecified atom stereocenters. The van der Waals surface area contributed by atoms with Crippen molar-refractivity contribution in [1.82, 2.24) is 15.3 Å². The first kappa shape index (κ1) is 15.2. The summed E-state index contributed by atoms with van der Waals surface area (Å²) in [6.07, 6.45) is 3.51. The van der Waals surface area contributed by atoms with Crippen LogP contribution in [0.15, 0.2) is 30.5 Å². The maximum absolute atomic E-state index is 6.17. The monoisotopic (exact) mass is 309 g/mol. The lowest BCUT2D eigenvalue weighted by Gasteiger charge is -2.06. The Balaban J connectivity index is 2.07. The lowest BCUT2D eigenvalue weighted by atomic mass is 10.1. The topological polar surface area (TPSA) is 37.8 Å². The number of hydrogen-bond acceptors (Lipinski definition) is 3. The Labute approximate surface area is 129 Å². The summed E-state index contributed by atoms with van der Waals surface area (Å²) in [6.45, 7) is 3.89. The van der Waals surface area contributed by atoms with Gasteiger partial charge < -0.3 is 5.32 Å². The van der Waals surface area contributed by atoms with E-state index in [2.05, 4.69) is 22.2 Å². The van der Waals surface area contributed by atoms with Crippen molar-refractivity contribution in [3.63, 3.8) is 0 Å². The number of aromatic nitrogens is 2. The van der Waals surface area contributed by atoms with Crippen LogP contribution in [-0.4, -0.2) is 16.5 Å². The molecule has 106 valence electrons. The fourth-order valence-corrected chi connectivity index (χ4v) is 2.33. The van der Waals surface area contributed by atoms with Gasteiger partial charge in [-0.15, -0.1) is 0 Å². The molecule has 2 aromatic rings. The zero-order chi connectivity index (χ0) is 14.4. The van der Waals surface area contributed by atoms with Crippen molar-refractivity contribution < 1.29 is 0 Å². The molecule has 0 aliphatic heterocycles. The summed E-state index contributed by atoms with van der Waals surface area (Å²) in [7, 11) is 0. The number of rotatable bonds is 6. The molecule has 0 saturated carbocycles. The van der Waals surface area contributed by atoms with E-state index < -0.39 is 0 Å². The smallest absolute Gasteiger partial charge is 0.133 e. The molecule has 20 heavy (non-hydrogen) atoms. The number of nitrogens with zero attached hydrogens (tertiary/aromatic N) is 2. The SMILES string of the molecule is CCCNCc1ccnc(Cc2ccc(Cl)cc2Cl)n1. The number of hydrogen-bond donors (Lipinski definition) is 1. The molecule has 0 spiro atoms. The van der Waals surface area contributed by atoms with Gasteiger partial charge in [0.25, 0.3) is 0 Å². The predicted octanol–water partition coefficient (Wildman–Crippen LogP) is 3.87. The second-order valence-electron chi connectivity index (χ2n) is 4.55. The normalized spacial score (nSPS) is 10.8. The molecule has 0 fully saturated rings. The molecule has 0 aliphatic rings. The van der Waals surface area contributed by atoms with E-state index in [1.165, 1.54) is 0 Å². The van der Waals surface area contributed by atoms with Crippen LogP contribution in [0.5, 0.6) is 0 Å². The van der Waals surface area contributed by atoms with Crippen molar-refractivity contribution in [2.75, 3.05) is 6.54 Å². The molecule has 1 aromatic carbocycles. The Kier molecular flexibility index (Phi) is 5.77. The molecular formula is C15H17Cl2N3. The third-order valence-corrected chi connectivity index (χ3v) is 3.45. The Hall–Kier alpha value is -1.16. The molecule has 0 bridgehead atoms. The van der Waals surface area contributed by atoms with Crippen molar-refractivity contribution in [1.29, 1.82) is 0 Å². The minimum absolute atomic E-state index is 0.609. The second-order valence-corrected chi connectivity index (χ2v) is 5.40. The third-order valence-electron chi connectivity index (χ3n) is 2.86. The molecule has 5 heteroatoms. The van der Waals surface area contributed by atoms with Gasteiger partial charge >= 0.3 is 0 Å². The predicted molar refractivity (Wildman–Crippen MR) is 83.3 cm³/mol. The highest BCUT2D eigenvalue weighted by Crippen LogP contribution is 2.22. The summed E-state index contributed by atoms with van der Waals surface area (Å²) in [5.74, 6) is 0.769. The molecule has 0 amide bonds. The first-order chi connectivity index (χ1) is 9.69. The maximum Gasteiger partial charge on any atom is 0.133 e. The molecule has 0 atom stereocenters. The van der Waals surface area contributed by atoms with E-state index in [-0.39, 0.29) is 0 Å². The summed E-state index contributed by atoms with van der Waals surface area (Å²) in [5, 5.41) is 4.61. The van der Waals surface area contributed by atoms with Crippen LogP contribution in [0.2, 0.25) is 10.0 Å². The van der Waals surface area contributed by atoms with Gasteiger partial charge in [0.2, 0.25) is 0 Å². The number of halogens is 2. The van der Waals surface area contributed by atoms with Crippen LogP contribution >= 0.6 is 23.2 Å². The van der Waals surface area contributed by atoms with Crippen LogP contribution in [-0.2, 0) is 13.0 Å². The number of nitrogens with one attached hydrogen (secondary N) is 1. The van der Waals surface area contributed by atoms with E-state index in [9.17, 15) is 0 Å². The minimum atomic E-state index is 0.609. The van der Waals surface area contributed by atoms with Crippen LogP contribution in [0, 0.1) is 0 Å². The minimum Gasteiger partial charge on any atom is -0.311 e. The standard InChI is InChI=1S/C15H17Cl2N3/c1-2-6-18-10-13-5-7-19-15(20-13)8-11-3-4-12(16)9-14(11)17/h3-5,7,9,18H,2,6,8,10H2,1H3. The van der Waals surface area contributed by atoms with Crippen molar-refractivity contribution in [3.05, 3.63) is 57.6 Å². The van der Waals surface area contributed by atoms with Gasteiger partial charge in [-0.05, 0) is 36.7 Å². The number of benzene rings is 1. The van der Waals surface area contributed by atoms with Crippen LogP contribution in [0.25, 0.3) is 0 Å². The highest BCUT2D eigenvalue weighted by Gasteiger charge is 2.05. The highest BCUT2D eigenvalue weighted by atomic mass is 35.5. The van der Waals surface area contributed by atoms with Crippen LogP contribution in [0.4, 0.5) is 0 Å². The summed E-state index contributed by atoms with van der Waals surface area (Å²) >= 11 is 12.1. The van der Waals surface area contributed by atoms with Crippen LogP contribution in [0.3, 0.4) is 0 Å². The van der Waals surface area contributed by atoms with Gasteiger partial charge in [-0.25, -0.2) is 9.97 Å². The summed E-state index contributed by atoms with van der Waals surface area (Å²) in [6, 6.07) is 7.41. The van der Waals surface area contributed by atoms with Crippen LogP contribution < -0.4 is 5.32 Å². The van der Waals surface area contributed by atoms with Crippen LogP contribution in [0.1, 0.15) is 30.4 Å². The lowest BCUT2D eigenvalue weighted by molar-refractivity contribution is 0.659. The highest BCUT2D eigenvalue weighted by molar-refractivity contribution is 6.35. The maximum atomic E-state index is 6.17. The quantitative estimate of drug-likeness (QED) is 0.823. The molecule has 1 N–H and O–H groups in total. The largest absolute Gasteiger partial charge is 0.311 e. The van der Waals surface area contributed by atoms with Gasteiger partial charge in [-0.2, -0.15) is 0 Å². The van der Waals surface area contributed by atoms with Gasteiger partial charge in [-0.1, -0.05) is 36.2 Å². The first-order valence-electron chi connectivity index (χ1n) is 6.64. The fourth-order valence-electron chi connectivity index (χ4n) is 1.85. The van der Waals surface area contributed by atoms with Crippen molar-refractivity contribution in [3.8, 4) is 0 Å². The van der Waals surface area contributed by atoms with Gasteiger partial charge in [0.15, 0.2) is 0 Å². The zero-order valence-corrected chi connectivity index (χ0v) is 12.9. The van der Waals surface area contributed by atoms with E-state index in [1.54, 1.807) is 12.3 Å². The first-order valence-corrected chi connectivity index (χ1v) is 7.40. The van der Waals surface area contributed by atoms with Gasteiger partial charge in [-0.3, -0.25) is 0 Å². The van der Waals surface area contributed by atoms with Crippen molar-refractivity contribution >= 4 is 23.2 Å². The zero-order valence-electron chi connectivity index (χ0n) is 11.4. The third kappa shape index (κ3) is 4.44. The van der Waals surface area contributed by atoms with E-state index in [1.807, 2.05) is 18.2 Å². The Morgan fingerprint density at radius 1 is 1.20 bits per heavy atom. The molecule has 0 radical (unpaired) electrons. The molecule has 2 rings (SSSR count). The molecular weight excluding hydrogens is 293 g/mol. The van der Waals surface area contributed by atoms with Crippen molar-refractivity contribution in [2.45, 2.75) is 26.3 Å². The average Bonchev–Trinajstić information content (AvgIpc) is 2.43. The van der Waals surface area contributed by atoms with Gasteiger partial charge in [0, 0.05) is 29.2 Å². The van der Waals surface area contributed by atoms with E-state index in [4.69, 9.17) is 23.2 Å². The molecule has 1 heterocycles. The Morgan fingerprint density at radius 3 is 2.80 bits per heavy atom. The molecule has 3 nitrogen and oxygen atoms in total. The fraction of sp³-hybridized carbons (Fsp3) is 0.333. The Morgan fingerprint density at radius 2 is 2.05 bits per heavy atom. The molecule has 0 saturated heterocycles. The van der Waals surface area contributed by atoms with Crippen molar-refractivity contribution in [2.24, 2.45) is 0 Å². The van der Waals surface area contributed by atoms with E-state index in [0.29, 0.717) is 16.5 Å². The average molecular weight is 310 g/mol. The van der Waals surface area contributed by atoms with E-state index in [0.717, 1.165) is 36.6 Å². The summed E-state index contributed by atoms with van der Waals surface area (Å²) in [5.41, 5.74) is 1.98. The Bertz CT molecular complexity index is 573. The van der Waals surface area contributed by atoms with Gasteiger partial charge in [0.1, 0.15) is 5.82 Å². The van der Waals surface area contributed by atoms with Gasteiger partial charge in [0.05, 0.1) is 5.69 Å². The molecule has 0 aliphatic carbocycles. The summed E-state index contributed by atoms with van der Waals surface area (Å²) < 4.78 is 0. The summed E-state index contributed by atoms with van der Waals surface area (Å²) in [4.78, 5) is 8.83.